The van der Waals surface area contributed by atoms with Crippen molar-refractivity contribution in [2.24, 2.45) is 0 Å². The number of hydrogen-bond acceptors (Lipinski definition) is 12. The Morgan fingerprint density at radius 2 is 0.412 bits per heavy atom. The van der Waals surface area contributed by atoms with E-state index < -0.39 is 40.1 Å². The van der Waals surface area contributed by atoms with Crippen molar-refractivity contribution < 1.29 is 82.3 Å². The molecule has 0 aliphatic carbocycles. The molecule has 0 aromatic rings. The van der Waals surface area contributed by atoms with Crippen LogP contribution in [-0.2, 0) is 57.1 Å². The van der Waals surface area contributed by atoms with Crippen molar-refractivity contribution in [1.29, 1.82) is 0 Å². The van der Waals surface area contributed by atoms with Gasteiger partial charge in [0.15, 0.2) is 0 Å². The van der Waals surface area contributed by atoms with Crippen molar-refractivity contribution in [3.8, 4) is 0 Å². The van der Waals surface area contributed by atoms with E-state index in [2.05, 4.69) is 0 Å². The van der Waals surface area contributed by atoms with E-state index in [1.54, 1.807) is 0 Å². The van der Waals surface area contributed by atoms with Gasteiger partial charge in [-0.25, -0.2) is 0 Å². The molecule has 2 radical (unpaired) electrons. The molecule has 0 atom stereocenters. The van der Waals surface area contributed by atoms with Crippen molar-refractivity contribution >= 4 is 40.1 Å². The summed E-state index contributed by atoms with van der Waals surface area (Å²) in [6.45, 7) is 0. The third-order valence-corrected chi connectivity index (χ3v) is 0. The van der Waals surface area contributed by atoms with Crippen molar-refractivity contribution in [2.75, 3.05) is 0 Å². The van der Waals surface area contributed by atoms with Gasteiger partial charge < -0.3 is 0 Å². The van der Waals surface area contributed by atoms with Crippen LogP contribution < -0.4 is 25.1 Å². The van der Waals surface area contributed by atoms with Crippen LogP contribution in [0, 0.1) is 0 Å². The molecule has 106 valence electrons. The molecule has 0 aliphatic rings. The smallest absolute Gasteiger partial charge is 3.00 e. The Morgan fingerprint density at radius 1 is 0.412 bits per heavy atom. The topological polar surface area (TPSA) is 241 Å². The molecule has 12 nitrogen and oxygen atoms in total. The molecule has 0 fully saturated rings. The van der Waals surface area contributed by atoms with E-state index in [4.69, 9.17) is 48.1 Å². The standard InChI is InChI=1S/2Fe.3H2O4Se/c;;3*1-5(2,3)4/h;;3*(H2,1,2,3,4)/q2*+3;;;/p-6. The largest absolute Gasteiger partial charge is 3.00 e. The molecule has 0 heterocycles. The fraction of sp³-hybridized carbons (Fsp3) is 0. The average Bonchev–Trinajstić information content (AvgIpc) is 1.41. The van der Waals surface area contributed by atoms with E-state index in [-0.39, 0.29) is 34.1 Å². The molecule has 0 saturated carbocycles. The van der Waals surface area contributed by atoms with Gasteiger partial charge in [-0.05, 0) is 0 Å². The molecule has 0 spiro atoms. The summed E-state index contributed by atoms with van der Waals surface area (Å²) in [4.78, 5) is 0. The van der Waals surface area contributed by atoms with Gasteiger partial charge in [0, 0.05) is 0 Å². The normalized spacial score (nSPS) is 10.2. The van der Waals surface area contributed by atoms with E-state index in [0.29, 0.717) is 0 Å². The van der Waals surface area contributed by atoms with Gasteiger partial charge in [0.2, 0.25) is 0 Å². The minimum absolute atomic E-state index is 0. The van der Waals surface area contributed by atoms with Gasteiger partial charge in [-0.15, -0.1) is 0 Å². The number of rotatable bonds is 0. The van der Waals surface area contributed by atoms with Crippen molar-refractivity contribution in [1.82, 2.24) is 0 Å². The first kappa shape index (κ1) is 30.9. The first-order valence-electron chi connectivity index (χ1n) is 2.00. The molecule has 0 saturated heterocycles. The first-order chi connectivity index (χ1) is 6.00. The maximum atomic E-state index is 8.59. The van der Waals surface area contributed by atoms with E-state index >= 15 is 0 Å². The van der Waals surface area contributed by atoms with Gasteiger partial charge in [-0.3, -0.25) is 0 Å². The molecule has 0 aromatic heterocycles. The summed E-state index contributed by atoms with van der Waals surface area (Å²) >= 11 is -17.2. The fourth-order valence-electron chi connectivity index (χ4n) is 0. The maximum absolute atomic E-state index is 8.59. The Hall–Kier alpha value is 1.16. The first-order valence-corrected chi connectivity index (χ1v) is 10.4. The zero-order chi connectivity index (χ0) is 13.5. The third kappa shape index (κ3) is 2940. The summed E-state index contributed by atoms with van der Waals surface area (Å²) in [5, 5.41) is 0. The second kappa shape index (κ2) is 12.2. The van der Waals surface area contributed by atoms with E-state index in [1.165, 1.54) is 0 Å². The van der Waals surface area contributed by atoms with Crippen LogP contribution >= 0.6 is 0 Å². The van der Waals surface area contributed by atoms with E-state index in [9.17, 15) is 0 Å². The molecule has 0 N–H and O–H groups in total. The van der Waals surface area contributed by atoms with Crippen LogP contribution in [-0.4, -0.2) is 40.1 Å². The monoisotopic (exact) mass is 544 g/mol. The van der Waals surface area contributed by atoms with Gasteiger partial charge in [0.05, 0.1) is 0 Å². The van der Waals surface area contributed by atoms with Crippen LogP contribution in [0.25, 0.3) is 0 Å². The van der Waals surface area contributed by atoms with Gasteiger partial charge >= 0.3 is 122 Å². The zero-order valence-corrected chi connectivity index (χ0v) is 14.2. The summed E-state index contributed by atoms with van der Waals surface area (Å²) in [6, 6.07) is 0. The minimum atomic E-state index is -5.75. The van der Waals surface area contributed by atoms with Crippen molar-refractivity contribution in [2.45, 2.75) is 0 Å². The Bertz CT molecular complexity index is 341. The zero-order valence-electron chi connectivity index (χ0n) is 6.83. The van der Waals surface area contributed by atoms with Gasteiger partial charge in [-0.1, -0.05) is 0 Å². The van der Waals surface area contributed by atoms with Crippen molar-refractivity contribution in [3.63, 3.8) is 0 Å². The SMILES string of the molecule is O=[Se](=O)([O-])[O-].O=[Se](=O)([O-])[O-].O=[Se](=O)([O-])[O-].[Fe+3].[Fe+3]. The molecule has 17 heteroatoms. The summed E-state index contributed by atoms with van der Waals surface area (Å²) in [5.74, 6) is 0. The average molecular weight is 541 g/mol. The summed E-state index contributed by atoms with van der Waals surface area (Å²) in [6.07, 6.45) is 0. The van der Waals surface area contributed by atoms with Crippen LogP contribution in [0.2, 0.25) is 0 Å². The van der Waals surface area contributed by atoms with Crippen molar-refractivity contribution in [3.05, 3.63) is 0 Å². The van der Waals surface area contributed by atoms with Crippen LogP contribution in [0.15, 0.2) is 0 Å². The number of hydrogen-bond donors (Lipinski definition) is 0. The van der Waals surface area contributed by atoms with Crippen LogP contribution in [0.3, 0.4) is 0 Å². The van der Waals surface area contributed by atoms with Crippen LogP contribution in [0.4, 0.5) is 0 Å². The molecule has 0 bridgehead atoms. The molecule has 0 unspecified atom stereocenters. The molecular weight excluding hydrogens is 541 g/mol. The van der Waals surface area contributed by atoms with Crippen LogP contribution in [0.5, 0.6) is 0 Å². The third-order valence-electron chi connectivity index (χ3n) is 0. The quantitative estimate of drug-likeness (QED) is 0.260. The molecular formula is Fe2O12Se3. The molecule has 17 heavy (non-hydrogen) atoms. The molecule has 0 aromatic carbocycles. The molecule has 0 rings (SSSR count). The van der Waals surface area contributed by atoms with Gasteiger partial charge in [-0.2, -0.15) is 0 Å². The Kier molecular flexibility index (Phi) is 22.2. The van der Waals surface area contributed by atoms with E-state index in [0.717, 1.165) is 0 Å². The predicted molar refractivity (Wildman–Crippen MR) is 21.4 cm³/mol. The summed E-state index contributed by atoms with van der Waals surface area (Å²) in [5.41, 5.74) is 0. The Morgan fingerprint density at radius 3 is 0.412 bits per heavy atom. The van der Waals surface area contributed by atoms with E-state index in [1.807, 2.05) is 0 Å². The maximum Gasteiger partial charge on any atom is 3.00 e. The van der Waals surface area contributed by atoms with Gasteiger partial charge in [0.1, 0.15) is 0 Å². The molecule has 0 amide bonds. The second-order valence-electron chi connectivity index (χ2n) is 1.22. The minimum Gasteiger partial charge on any atom is 3.00 e. The summed E-state index contributed by atoms with van der Waals surface area (Å²) in [7, 11) is 0. The van der Waals surface area contributed by atoms with Crippen LogP contribution in [0.1, 0.15) is 0 Å². The fourth-order valence-corrected chi connectivity index (χ4v) is 0. The molecule has 0 aliphatic heterocycles. The van der Waals surface area contributed by atoms with Gasteiger partial charge in [0.25, 0.3) is 0 Å². The Labute approximate surface area is 121 Å². The summed E-state index contributed by atoms with van der Waals surface area (Å²) < 4.78 is 103. The second-order valence-corrected chi connectivity index (χ2v) is 6.36. The predicted octanol–water partition coefficient (Wildman–Crippen LogP) is -8.99. The Balaban J connectivity index is -0.0000000400.